The van der Waals surface area contributed by atoms with Gasteiger partial charge in [-0.1, -0.05) is 0 Å². The zero-order valence-electron chi connectivity index (χ0n) is 13.4. The number of nitrogens with one attached hydrogen (secondary N) is 1. The second-order valence-electron chi connectivity index (χ2n) is 6.50. The van der Waals surface area contributed by atoms with Gasteiger partial charge in [0.25, 0.3) is 5.91 Å². The minimum Gasteiger partial charge on any atom is -0.347 e. The van der Waals surface area contributed by atoms with E-state index in [-0.39, 0.29) is 11.9 Å². The molecule has 0 aromatic carbocycles. The summed E-state index contributed by atoms with van der Waals surface area (Å²) in [6, 6.07) is 2.13. The number of halogens is 1. The topological polar surface area (TPSA) is 58.1 Å². The summed E-state index contributed by atoms with van der Waals surface area (Å²) >= 11 is 1.21. The molecule has 24 heavy (non-hydrogen) atoms. The molecule has 2 aromatic heterocycles. The molecule has 1 amide bonds. The highest BCUT2D eigenvalue weighted by atomic mass is 32.1. The molecule has 7 heteroatoms. The number of thiazole rings is 1. The lowest BCUT2D eigenvalue weighted by Gasteiger charge is -2.49. The first-order valence-corrected chi connectivity index (χ1v) is 9.06. The van der Waals surface area contributed by atoms with Crippen LogP contribution in [0.3, 0.4) is 0 Å². The molecule has 1 N–H and O–H groups in total. The second-order valence-corrected chi connectivity index (χ2v) is 7.53. The van der Waals surface area contributed by atoms with Crippen molar-refractivity contribution in [3.8, 4) is 10.6 Å². The Morgan fingerprint density at radius 1 is 1.38 bits per heavy atom. The molecule has 2 atom stereocenters. The predicted octanol–water partition coefficient (Wildman–Crippen LogP) is 2.56. The monoisotopic (exact) mass is 346 g/mol. The van der Waals surface area contributed by atoms with Crippen molar-refractivity contribution in [2.45, 2.75) is 31.8 Å². The van der Waals surface area contributed by atoms with Gasteiger partial charge < -0.3 is 5.32 Å². The fraction of sp³-hybridized carbons (Fsp3) is 0.471. The highest BCUT2D eigenvalue weighted by Gasteiger charge is 2.40. The van der Waals surface area contributed by atoms with Crippen LogP contribution in [0.5, 0.6) is 0 Å². The van der Waals surface area contributed by atoms with Crippen LogP contribution in [0.25, 0.3) is 10.6 Å². The van der Waals surface area contributed by atoms with Gasteiger partial charge in [0.1, 0.15) is 9.88 Å². The maximum atomic E-state index is 13.8. The van der Waals surface area contributed by atoms with E-state index in [1.807, 2.05) is 0 Å². The fourth-order valence-corrected chi connectivity index (χ4v) is 4.67. The zero-order chi connectivity index (χ0) is 16.7. The molecule has 5 rings (SSSR count). The van der Waals surface area contributed by atoms with Gasteiger partial charge in [0.15, 0.2) is 5.82 Å². The Labute approximate surface area is 143 Å². The van der Waals surface area contributed by atoms with Gasteiger partial charge in [-0.15, -0.1) is 11.3 Å². The first kappa shape index (κ1) is 15.7. The Kier molecular flexibility index (Phi) is 4.05. The van der Waals surface area contributed by atoms with Crippen molar-refractivity contribution < 1.29 is 9.18 Å². The number of fused-ring (bicyclic) bond motifs is 3. The number of aromatic nitrogens is 2. The molecule has 2 bridgehead atoms. The third-order valence-electron chi connectivity index (χ3n) is 5.21. The highest BCUT2D eigenvalue weighted by molar-refractivity contribution is 7.16. The predicted molar refractivity (Wildman–Crippen MR) is 90.3 cm³/mol. The molecule has 3 fully saturated rings. The number of pyridine rings is 1. The van der Waals surface area contributed by atoms with E-state index < -0.39 is 5.82 Å². The van der Waals surface area contributed by atoms with E-state index >= 15 is 0 Å². The van der Waals surface area contributed by atoms with Crippen LogP contribution in [0.1, 0.15) is 29.4 Å². The van der Waals surface area contributed by atoms with Gasteiger partial charge in [0.2, 0.25) is 0 Å². The molecule has 3 aliphatic heterocycles. The molecule has 3 aliphatic rings. The van der Waals surface area contributed by atoms with E-state index in [1.54, 1.807) is 6.07 Å². The molecule has 5 nitrogen and oxygen atoms in total. The molecule has 0 aliphatic carbocycles. The van der Waals surface area contributed by atoms with Gasteiger partial charge in [0.05, 0.1) is 12.4 Å². The van der Waals surface area contributed by atoms with Gasteiger partial charge in [-0.3, -0.25) is 14.7 Å². The maximum Gasteiger partial charge on any atom is 0.263 e. The van der Waals surface area contributed by atoms with Gasteiger partial charge in [0, 0.05) is 23.8 Å². The molecule has 5 heterocycles. The van der Waals surface area contributed by atoms with Crippen molar-refractivity contribution in [2.24, 2.45) is 5.92 Å². The van der Waals surface area contributed by atoms with Crippen molar-refractivity contribution in [1.29, 1.82) is 0 Å². The first-order valence-electron chi connectivity index (χ1n) is 8.24. The van der Waals surface area contributed by atoms with Gasteiger partial charge in [-0.05, 0) is 44.8 Å². The Bertz CT molecular complexity index is 755. The van der Waals surface area contributed by atoms with Crippen molar-refractivity contribution in [1.82, 2.24) is 20.2 Å². The largest absolute Gasteiger partial charge is 0.347 e. The molecular weight excluding hydrogens is 327 g/mol. The molecule has 2 aromatic rings. The van der Waals surface area contributed by atoms with Crippen LogP contribution >= 0.6 is 11.3 Å². The Morgan fingerprint density at radius 3 is 2.88 bits per heavy atom. The van der Waals surface area contributed by atoms with Gasteiger partial charge >= 0.3 is 0 Å². The van der Waals surface area contributed by atoms with E-state index in [0.29, 0.717) is 27.4 Å². The van der Waals surface area contributed by atoms with Gasteiger partial charge in [-0.2, -0.15) is 0 Å². The summed E-state index contributed by atoms with van der Waals surface area (Å²) in [6.45, 7) is 4.44. The van der Waals surface area contributed by atoms with Gasteiger partial charge in [-0.25, -0.2) is 9.37 Å². The Hall–Kier alpha value is -1.86. The van der Waals surface area contributed by atoms with Crippen molar-refractivity contribution >= 4 is 17.2 Å². The van der Waals surface area contributed by atoms with Crippen LogP contribution in [-0.4, -0.2) is 45.9 Å². The zero-order valence-corrected chi connectivity index (χ0v) is 14.2. The highest BCUT2D eigenvalue weighted by Crippen LogP contribution is 2.33. The van der Waals surface area contributed by atoms with Crippen molar-refractivity contribution in [3.63, 3.8) is 0 Å². The van der Waals surface area contributed by atoms with E-state index in [2.05, 4.69) is 27.1 Å². The SMILES string of the molecule is C[C@H]1[C@H](NC(=O)c2cnc(-c3ccncc3F)s2)C2CCN1CC2. The van der Waals surface area contributed by atoms with Crippen LogP contribution < -0.4 is 5.32 Å². The lowest BCUT2D eigenvalue weighted by molar-refractivity contribution is 0.0218. The number of amides is 1. The summed E-state index contributed by atoms with van der Waals surface area (Å²) < 4.78 is 13.8. The lowest BCUT2D eigenvalue weighted by Crippen LogP contribution is -2.62. The third kappa shape index (κ3) is 2.71. The van der Waals surface area contributed by atoms with Crippen LogP contribution in [0, 0.1) is 11.7 Å². The normalized spacial score (nSPS) is 28.8. The molecular formula is C17H19FN4OS. The minimum absolute atomic E-state index is 0.112. The van der Waals surface area contributed by atoms with E-state index in [4.69, 9.17) is 0 Å². The number of rotatable bonds is 3. The van der Waals surface area contributed by atoms with Crippen LogP contribution in [0.4, 0.5) is 4.39 Å². The minimum atomic E-state index is -0.426. The first-order chi connectivity index (χ1) is 11.6. The van der Waals surface area contributed by atoms with Crippen molar-refractivity contribution in [3.05, 3.63) is 35.4 Å². The van der Waals surface area contributed by atoms with E-state index in [1.165, 1.54) is 23.7 Å². The Morgan fingerprint density at radius 2 is 2.17 bits per heavy atom. The van der Waals surface area contributed by atoms with E-state index in [0.717, 1.165) is 32.1 Å². The lowest BCUT2D eigenvalue weighted by atomic mass is 9.79. The molecule has 0 saturated carbocycles. The summed E-state index contributed by atoms with van der Waals surface area (Å²) in [5.74, 6) is 0.0163. The second kappa shape index (κ2) is 6.22. The number of carbonyl (C=O) groups excluding carboxylic acids is 1. The molecule has 0 radical (unpaired) electrons. The molecule has 0 spiro atoms. The summed E-state index contributed by atoms with van der Waals surface area (Å²) in [5.41, 5.74) is 0.380. The molecule has 126 valence electrons. The number of nitrogens with zero attached hydrogens (tertiary/aromatic N) is 3. The number of hydrogen-bond acceptors (Lipinski definition) is 5. The van der Waals surface area contributed by atoms with Crippen molar-refractivity contribution in [2.75, 3.05) is 13.1 Å². The standard InChI is InChI=1S/C17H19FN4OS/c1-10-15(11-3-6-22(10)7-4-11)21-16(23)14-9-20-17(24-14)12-2-5-19-8-13(12)18/h2,5,8-11,15H,3-4,6-7H2,1H3,(H,21,23)/t10-,15-/m0/s1. The quantitative estimate of drug-likeness (QED) is 0.928. The Balaban J connectivity index is 1.51. The van der Waals surface area contributed by atoms with Crippen LogP contribution in [0.15, 0.2) is 24.7 Å². The maximum absolute atomic E-state index is 13.8. The average molecular weight is 346 g/mol. The fourth-order valence-electron chi connectivity index (χ4n) is 3.82. The van der Waals surface area contributed by atoms with Crippen LogP contribution in [0.2, 0.25) is 0 Å². The number of hydrogen-bond donors (Lipinski definition) is 1. The van der Waals surface area contributed by atoms with E-state index in [9.17, 15) is 9.18 Å². The molecule has 3 saturated heterocycles. The summed E-state index contributed by atoms with van der Waals surface area (Å²) in [7, 11) is 0. The summed E-state index contributed by atoms with van der Waals surface area (Å²) in [6.07, 6.45) is 6.50. The van der Waals surface area contributed by atoms with Crippen LogP contribution in [-0.2, 0) is 0 Å². The average Bonchev–Trinajstić information content (AvgIpc) is 3.09. The third-order valence-corrected chi connectivity index (χ3v) is 6.24. The smallest absolute Gasteiger partial charge is 0.263 e. The summed E-state index contributed by atoms with van der Waals surface area (Å²) in [4.78, 5) is 23.5. The number of carbonyl (C=O) groups is 1. The molecule has 0 unspecified atom stereocenters. The number of piperidine rings is 3. The summed E-state index contributed by atoms with van der Waals surface area (Å²) in [5, 5.41) is 3.68.